The summed E-state index contributed by atoms with van der Waals surface area (Å²) in [7, 11) is 1.65. The first-order valence-corrected chi connectivity index (χ1v) is 7.16. The number of nitrogens with zero attached hydrogens (tertiary/aromatic N) is 1. The maximum atomic E-state index is 12.4. The highest BCUT2D eigenvalue weighted by molar-refractivity contribution is 5.79. The number of para-hydroxylation sites is 1. The van der Waals surface area contributed by atoms with E-state index in [0.29, 0.717) is 31.9 Å². The van der Waals surface area contributed by atoms with E-state index in [4.69, 9.17) is 15.2 Å². The zero-order valence-corrected chi connectivity index (χ0v) is 12.4. The number of benzene rings is 1. The lowest BCUT2D eigenvalue weighted by Gasteiger charge is -2.12. The maximum Gasteiger partial charge on any atom is 0.255 e. The average Bonchev–Trinajstić information content (AvgIpc) is 2.52. The molecule has 0 radical (unpaired) electrons. The Morgan fingerprint density at radius 3 is 2.76 bits per heavy atom. The summed E-state index contributed by atoms with van der Waals surface area (Å²) >= 11 is 0. The van der Waals surface area contributed by atoms with Crippen LogP contribution in [0.1, 0.15) is 12.0 Å². The van der Waals surface area contributed by atoms with Crippen LogP contribution in [-0.2, 0) is 22.6 Å². The topological polar surface area (TPSA) is 66.5 Å². The minimum Gasteiger partial charge on any atom is -0.382 e. The number of hydrogen-bond acceptors (Lipinski definition) is 4. The minimum atomic E-state index is -0.00640. The monoisotopic (exact) mass is 290 g/mol. The van der Waals surface area contributed by atoms with Crippen LogP contribution in [0.3, 0.4) is 0 Å². The van der Waals surface area contributed by atoms with Gasteiger partial charge in [-0.05, 0) is 23.9 Å². The van der Waals surface area contributed by atoms with E-state index in [1.165, 1.54) is 0 Å². The van der Waals surface area contributed by atoms with E-state index in [0.717, 1.165) is 17.3 Å². The van der Waals surface area contributed by atoms with Crippen LogP contribution in [0.25, 0.3) is 10.9 Å². The fourth-order valence-corrected chi connectivity index (χ4v) is 2.32. The molecule has 1 heterocycles. The molecule has 0 bridgehead atoms. The Labute approximate surface area is 124 Å². The lowest BCUT2D eigenvalue weighted by atomic mass is 10.1. The van der Waals surface area contributed by atoms with Gasteiger partial charge in [-0.15, -0.1) is 0 Å². The lowest BCUT2D eigenvalue weighted by molar-refractivity contribution is 0.0680. The van der Waals surface area contributed by atoms with Gasteiger partial charge in [-0.25, -0.2) is 0 Å². The molecule has 114 valence electrons. The van der Waals surface area contributed by atoms with Gasteiger partial charge in [-0.1, -0.05) is 18.2 Å². The molecule has 0 unspecified atom stereocenters. The van der Waals surface area contributed by atoms with Gasteiger partial charge in [0.05, 0.1) is 18.7 Å². The molecule has 2 aromatic rings. The summed E-state index contributed by atoms with van der Waals surface area (Å²) in [6, 6.07) is 9.74. The van der Waals surface area contributed by atoms with Crippen LogP contribution in [0.5, 0.6) is 0 Å². The number of fused-ring (bicyclic) bond motifs is 1. The van der Waals surface area contributed by atoms with Crippen LogP contribution in [-0.4, -0.2) is 31.5 Å². The third-order valence-corrected chi connectivity index (χ3v) is 3.40. The average molecular weight is 290 g/mol. The second-order valence-corrected chi connectivity index (χ2v) is 4.85. The molecule has 0 aliphatic rings. The number of methoxy groups -OCH3 is 1. The largest absolute Gasteiger partial charge is 0.382 e. The molecule has 1 aromatic carbocycles. The number of aryl methyl sites for hydroxylation is 1. The van der Waals surface area contributed by atoms with E-state index in [2.05, 4.69) is 0 Å². The van der Waals surface area contributed by atoms with Crippen LogP contribution < -0.4 is 11.3 Å². The molecule has 0 fully saturated rings. The van der Waals surface area contributed by atoms with Crippen LogP contribution >= 0.6 is 0 Å². The van der Waals surface area contributed by atoms with Gasteiger partial charge in [0, 0.05) is 32.4 Å². The molecule has 0 amide bonds. The molecular formula is C16H22N2O3. The Balaban J connectivity index is 2.14. The van der Waals surface area contributed by atoms with Crippen LogP contribution in [0.2, 0.25) is 0 Å². The summed E-state index contributed by atoms with van der Waals surface area (Å²) in [5.41, 5.74) is 7.25. The highest BCUT2D eigenvalue weighted by Gasteiger charge is 2.07. The molecule has 21 heavy (non-hydrogen) atoms. The highest BCUT2D eigenvalue weighted by Crippen LogP contribution is 2.13. The van der Waals surface area contributed by atoms with Gasteiger partial charge in [0.15, 0.2) is 0 Å². The Morgan fingerprint density at radius 1 is 1.19 bits per heavy atom. The van der Waals surface area contributed by atoms with E-state index in [9.17, 15) is 4.79 Å². The molecule has 0 atom stereocenters. The zero-order valence-electron chi connectivity index (χ0n) is 12.4. The van der Waals surface area contributed by atoms with Crippen LogP contribution in [0, 0.1) is 0 Å². The summed E-state index contributed by atoms with van der Waals surface area (Å²) in [6.45, 7) is 2.66. The lowest BCUT2D eigenvalue weighted by Crippen LogP contribution is -2.26. The van der Waals surface area contributed by atoms with Crippen LogP contribution in [0.4, 0.5) is 0 Å². The molecule has 2 rings (SSSR count). The van der Waals surface area contributed by atoms with E-state index in [-0.39, 0.29) is 12.1 Å². The fraction of sp³-hybridized carbons (Fsp3) is 0.438. The SMILES string of the molecule is COCCOCCCn1c(=O)c(CN)cc2ccccc21. The summed E-state index contributed by atoms with van der Waals surface area (Å²) in [5.74, 6) is 0. The van der Waals surface area contributed by atoms with Crippen molar-refractivity contribution >= 4 is 10.9 Å². The number of hydrogen-bond donors (Lipinski definition) is 1. The van der Waals surface area contributed by atoms with Gasteiger partial charge >= 0.3 is 0 Å². The van der Waals surface area contributed by atoms with E-state index in [1.807, 2.05) is 30.3 Å². The van der Waals surface area contributed by atoms with Crippen molar-refractivity contribution in [2.24, 2.45) is 5.73 Å². The first-order valence-electron chi connectivity index (χ1n) is 7.16. The summed E-state index contributed by atoms with van der Waals surface area (Å²) < 4.78 is 12.1. The van der Waals surface area contributed by atoms with Gasteiger partial charge in [-0.3, -0.25) is 4.79 Å². The van der Waals surface area contributed by atoms with Gasteiger partial charge in [0.2, 0.25) is 0 Å². The van der Waals surface area contributed by atoms with Crippen molar-refractivity contribution in [3.05, 3.63) is 46.2 Å². The van der Waals surface area contributed by atoms with Gasteiger partial charge in [-0.2, -0.15) is 0 Å². The molecule has 0 saturated carbocycles. The number of aromatic nitrogens is 1. The summed E-state index contributed by atoms with van der Waals surface area (Å²) in [4.78, 5) is 12.4. The number of rotatable bonds is 8. The molecule has 2 N–H and O–H groups in total. The molecule has 5 heteroatoms. The number of pyridine rings is 1. The van der Waals surface area contributed by atoms with E-state index >= 15 is 0 Å². The Morgan fingerprint density at radius 2 is 2.00 bits per heavy atom. The van der Waals surface area contributed by atoms with Crippen molar-refractivity contribution in [1.82, 2.24) is 4.57 Å². The second kappa shape index (κ2) is 7.93. The summed E-state index contributed by atoms with van der Waals surface area (Å²) in [6.07, 6.45) is 0.779. The Kier molecular flexibility index (Phi) is 5.92. The molecule has 0 spiro atoms. The zero-order chi connectivity index (χ0) is 15.1. The normalized spacial score (nSPS) is 11.1. The van der Waals surface area contributed by atoms with Gasteiger partial charge in [0.25, 0.3) is 5.56 Å². The third-order valence-electron chi connectivity index (χ3n) is 3.40. The summed E-state index contributed by atoms with van der Waals surface area (Å²) in [5, 5.41) is 1.04. The molecule has 1 aromatic heterocycles. The minimum absolute atomic E-state index is 0.00640. The first-order chi connectivity index (χ1) is 10.3. The van der Waals surface area contributed by atoms with Gasteiger partial charge < -0.3 is 19.8 Å². The van der Waals surface area contributed by atoms with Crippen LogP contribution in [0.15, 0.2) is 35.1 Å². The van der Waals surface area contributed by atoms with Crippen molar-refractivity contribution < 1.29 is 9.47 Å². The quantitative estimate of drug-likeness (QED) is 0.748. The van der Waals surface area contributed by atoms with Crippen molar-refractivity contribution in [3.63, 3.8) is 0 Å². The molecule has 5 nitrogen and oxygen atoms in total. The third kappa shape index (κ3) is 3.91. The van der Waals surface area contributed by atoms with E-state index in [1.54, 1.807) is 11.7 Å². The highest BCUT2D eigenvalue weighted by atomic mass is 16.5. The second-order valence-electron chi connectivity index (χ2n) is 4.85. The van der Waals surface area contributed by atoms with Crippen molar-refractivity contribution in [2.75, 3.05) is 26.9 Å². The maximum absolute atomic E-state index is 12.4. The molecular weight excluding hydrogens is 268 g/mol. The van der Waals surface area contributed by atoms with Gasteiger partial charge in [0.1, 0.15) is 0 Å². The first kappa shape index (κ1) is 15.7. The standard InChI is InChI=1S/C16H22N2O3/c1-20-9-10-21-8-4-7-18-15-6-3-2-5-13(15)11-14(12-17)16(18)19/h2-3,5-6,11H,4,7-10,12,17H2,1H3. The van der Waals surface area contributed by atoms with E-state index < -0.39 is 0 Å². The van der Waals surface area contributed by atoms with Crippen molar-refractivity contribution in [2.45, 2.75) is 19.5 Å². The number of nitrogens with two attached hydrogens (primary N) is 1. The fourth-order valence-electron chi connectivity index (χ4n) is 2.32. The smallest absolute Gasteiger partial charge is 0.255 e. The predicted molar refractivity (Wildman–Crippen MR) is 83.4 cm³/mol. The Hall–Kier alpha value is -1.69. The molecule has 0 aliphatic heterocycles. The molecule has 0 aliphatic carbocycles. The van der Waals surface area contributed by atoms with Crippen molar-refractivity contribution in [3.8, 4) is 0 Å². The number of ether oxygens (including phenoxy) is 2. The van der Waals surface area contributed by atoms with Crippen molar-refractivity contribution in [1.29, 1.82) is 0 Å². The molecule has 0 saturated heterocycles. The Bertz CT molecular complexity index is 637. The predicted octanol–water partition coefficient (Wildman–Crippen LogP) is 1.51.